The van der Waals surface area contributed by atoms with Crippen molar-refractivity contribution in [1.82, 2.24) is 15.1 Å². The third-order valence-corrected chi connectivity index (χ3v) is 4.91. The van der Waals surface area contributed by atoms with Crippen molar-refractivity contribution >= 4 is 17.3 Å². The van der Waals surface area contributed by atoms with Gasteiger partial charge in [0.25, 0.3) is 0 Å². The highest BCUT2D eigenvalue weighted by Crippen LogP contribution is 2.10. The normalized spacial score (nSPS) is 16.4. The van der Waals surface area contributed by atoms with Gasteiger partial charge in [0, 0.05) is 38.8 Å². The number of nitrogens with one attached hydrogen (secondary N) is 1. The Balaban J connectivity index is 1.91. The SMILES string of the molecule is CC[C@H](C)NC(=S)N(CCCN1CCOCC1)Cc1cccc(F)c1. The van der Waals surface area contributed by atoms with Gasteiger partial charge in [-0.1, -0.05) is 19.1 Å². The van der Waals surface area contributed by atoms with Crippen LogP contribution in [0, 0.1) is 5.82 Å². The maximum Gasteiger partial charge on any atom is 0.169 e. The van der Waals surface area contributed by atoms with Gasteiger partial charge < -0.3 is 15.0 Å². The molecule has 1 aromatic rings. The second-order valence-electron chi connectivity index (χ2n) is 6.62. The Morgan fingerprint density at radius 1 is 1.40 bits per heavy atom. The zero-order valence-electron chi connectivity index (χ0n) is 15.3. The van der Waals surface area contributed by atoms with Crippen LogP contribution >= 0.6 is 12.2 Å². The van der Waals surface area contributed by atoms with E-state index in [1.54, 1.807) is 12.1 Å². The first-order chi connectivity index (χ1) is 12.1. The maximum atomic E-state index is 13.5. The van der Waals surface area contributed by atoms with Gasteiger partial charge in [-0.05, 0) is 49.7 Å². The molecule has 0 spiro atoms. The van der Waals surface area contributed by atoms with Gasteiger partial charge >= 0.3 is 0 Å². The Hall–Kier alpha value is -1.24. The summed E-state index contributed by atoms with van der Waals surface area (Å²) in [6.07, 6.45) is 2.04. The largest absolute Gasteiger partial charge is 0.379 e. The summed E-state index contributed by atoms with van der Waals surface area (Å²) in [5.74, 6) is -0.202. The molecule has 25 heavy (non-hydrogen) atoms. The first kappa shape index (κ1) is 20.1. The highest BCUT2D eigenvalue weighted by molar-refractivity contribution is 7.80. The van der Waals surface area contributed by atoms with Crippen LogP contribution < -0.4 is 5.32 Å². The minimum Gasteiger partial charge on any atom is -0.379 e. The molecular weight excluding hydrogens is 337 g/mol. The molecule has 1 N–H and O–H groups in total. The second kappa shape index (κ2) is 10.7. The summed E-state index contributed by atoms with van der Waals surface area (Å²) < 4.78 is 18.9. The molecule has 0 bridgehead atoms. The van der Waals surface area contributed by atoms with E-state index in [-0.39, 0.29) is 5.82 Å². The smallest absolute Gasteiger partial charge is 0.169 e. The molecule has 0 unspecified atom stereocenters. The van der Waals surface area contributed by atoms with E-state index in [1.165, 1.54) is 6.07 Å². The lowest BCUT2D eigenvalue weighted by Gasteiger charge is -2.30. The minimum atomic E-state index is -0.202. The number of rotatable bonds is 8. The Morgan fingerprint density at radius 3 is 2.84 bits per heavy atom. The lowest BCUT2D eigenvalue weighted by atomic mass is 10.2. The first-order valence-electron chi connectivity index (χ1n) is 9.18. The van der Waals surface area contributed by atoms with Crippen molar-refractivity contribution in [3.63, 3.8) is 0 Å². The number of hydrogen-bond acceptors (Lipinski definition) is 3. The molecule has 0 amide bonds. The molecule has 1 saturated heterocycles. The molecule has 0 aliphatic carbocycles. The van der Waals surface area contributed by atoms with Gasteiger partial charge in [-0.25, -0.2) is 4.39 Å². The zero-order valence-corrected chi connectivity index (χ0v) is 16.2. The fraction of sp³-hybridized carbons (Fsp3) is 0.632. The van der Waals surface area contributed by atoms with Crippen molar-refractivity contribution in [1.29, 1.82) is 0 Å². The van der Waals surface area contributed by atoms with E-state index >= 15 is 0 Å². The molecule has 140 valence electrons. The summed E-state index contributed by atoms with van der Waals surface area (Å²) in [7, 11) is 0. The topological polar surface area (TPSA) is 27.7 Å². The highest BCUT2D eigenvalue weighted by atomic mass is 32.1. The molecule has 0 aromatic heterocycles. The van der Waals surface area contributed by atoms with E-state index in [2.05, 4.69) is 29.0 Å². The monoisotopic (exact) mass is 367 g/mol. The minimum absolute atomic E-state index is 0.202. The molecule has 1 atom stereocenters. The van der Waals surface area contributed by atoms with Crippen LogP contribution in [0.4, 0.5) is 4.39 Å². The summed E-state index contributed by atoms with van der Waals surface area (Å²) in [6, 6.07) is 7.09. The van der Waals surface area contributed by atoms with E-state index < -0.39 is 0 Å². The molecule has 1 aromatic carbocycles. The highest BCUT2D eigenvalue weighted by Gasteiger charge is 2.14. The number of nitrogens with zero attached hydrogens (tertiary/aromatic N) is 2. The first-order valence-corrected chi connectivity index (χ1v) is 9.59. The van der Waals surface area contributed by atoms with E-state index in [4.69, 9.17) is 17.0 Å². The number of ether oxygens (including phenoxy) is 1. The number of thiocarbonyl (C=S) groups is 1. The zero-order chi connectivity index (χ0) is 18.1. The molecule has 0 saturated carbocycles. The van der Waals surface area contributed by atoms with Crippen molar-refractivity contribution in [2.75, 3.05) is 39.4 Å². The van der Waals surface area contributed by atoms with Gasteiger partial charge in [-0.2, -0.15) is 0 Å². The summed E-state index contributed by atoms with van der Waals surface area (Å²) in [4.78, 5) is 4.58. The quantitative estimate of drug-likeness (QED) is 0.713. The fourth-order valence-corrected chi connectivity index (χ4v) is 3.18. The fourth-order valence-electron chi connectivity index (χ4n) is 2.82. The van der Waals surface area contributed by atoms with E-state index in [9.17, 15) is 4.39 Å². The average Bonchev–Trinajstić information content (AvgIpc) is 2.61. The number of halogens is 1. The maximum absolute atomic E-state index is 13.5. The van der Waals surface area contributed by atoms with Crippen LogP contribution in [0.1, 0.15) is 32.3 Å². The third kappa shape index (κ3) is 7.26. The summed E-state index contributed by atoms with van der Waals surface area (Å²) >= 11 is 5.61. The van der Waals surface area contributed by atoms with Gasteiger partial charge in [-0.15, -0.1) is 0 Å². The van der Waals surface area contributed by atoms with E-state index in [1.807, 2.05) is 6.07 Å². The molecule has 0 radical (unpaired) electrons. The van der Waals surface area contributed by atoms with Crippen LogP contribution in [0.15, 0.2) is 24.3 Å². The predicted octanol–water partition coefficient (Wildman–Crippen LogP) is 3.02. The number of hydrogen-bond donors (Lipinski definition) is 1. The molecule has 6 heteroatoms. The van der Waals surface area contributed by atoms with Gasteiger partial charge in [0.1, 0.15) is 5.82 Å². The van der Waals surface area contributed by atoms with Crippen LogP contribution in [0.3, 0.4) is 0 Å². The van der Waals surface area contributed by atoms with Crippen molar-refractivity contribution in [2.24, 2.45) is 0 Å². The Bertz CT molecular complexity index is 537. The van der Waals surface area contributed by atoms with Crippen LogP contribution in [-0.4, -0.2) is 60.3 Å². The van der Waals surface area contributed by atoms with Crippen LogP contribution in [0.25, 0.3) is 0 Å². The van der Waals surface area contributed by atoms with Crippen molar-refractivity contribution in [2.45, 2.75) is 39.3 Å². The lowest BCUT2D eigenvalue weighted by Crippen LogP contribution is -2.44. The van der Waals surface area contributed by atoms with Crippen LogP contribution in [0.2, 0.25) is 0 Å². The van der Waals surface area contributed by atoms with Crippen LogP contribution in [0.5, 0.6) is 0 Å². The molecular formula is C19H30FN3OS. The van der Waals surface area contributed by atoms with Gasteiger partial charge in [-0.3, -0.25) is 4.90 Å². The second-order valence-corrected chi connectivity index (χ2v) is 7.00. The number of morpholine rings is 1. The summed E-state index contributed by atoms with van der Waals surface area (Å²) in [6.45, 7) is 10.4. The molecule has 1 fully saturated rings. The van der Waals surface area contributed by atoms with Crippen molar-refractivity contribution < 1.29 is 9.13 Å². The van der Waals surface area contributed by atoms with Crippen molar-refractivity contribution in [3.05, 3.63) is 35.6 Å². The van der Waals surface area contributed by atoms with E-state index in [0.717, 1.165) is 62.9 Å². The molecule has 1 aliphatic heterocycles. The van der Waals surface area contributed by atoms with Crippen molar-refractivity contribution in [3.8, 4) is 0 Å². The van der Waals surface area contributed by atoms with Gasteiger partial charge in [0.2, 0.25) is 0 Å². The van der Waals surface area contributed by atoms with E-state index in [0.29, 0.717) is 12.6 Å². The Kier molecular flexibility index (Phi) is 8.58. The molecule has 1 heterocycles. The summed E-state index contributed by atoms with van der Waals surface area (Å²) in [5.41, 5.74) is 0.944. The average molecular weight is 368 g/mol. The standard InChI is InChI=1S/C19H30FN3OS/c1-3-16(2)21-19(25)23(15-17-6-4-7-18(20)14-17)9-5-8-22-10-12-24-13-11-22/h4,6-7,14,16H,3,5,8-13,15H2,1-2H3,(H,21,25)/t16-/m0/s1. The predicted molar refractivity (Wildman–Crippen MR) is 104 cm³/mol. The Labute approximate surface area is 156 Å². The lowest BCUT2D eigenvalue weighted by molar-refractivity contribution is 0.0367. The number of benzene rings is 1. The third-order valence-electron chi connectivity index (χ3n) is 4.54. The molecule has 4 nitrogen and oxygen atoms in total. The molecule has 1 aliphatic rings. The summed E-state index contributed by atoms with van der Waals surface area (Å²) in [5, 5.41) is 4.13. The Morgan fingerprint density at radius 2 is 2.16 bits per heavy atom. The molecule has 2 rings (SSSR count). The van der Waals surface area contributed by atoms with Gasteiger partial charge in [0.15, 0.2) is 5.11 Å². The van der Waals surface area contributed by atoms with Crippen LogP contribution in [-0.2, 0) is 11.3 Å². The van der Waals surface area contributed by atoms with Gasteiger partial charge in [0.05, 0.1) is 13.2 Å².